The molecule has 2 aliphatic rings. The highest BCUT2D eigenvalue weighted by Crippen LogP contribution is 2.31. The summed E-state index contributed by atoms with van der Waals surface area (Å²) in [5.74, 6) is -0.247. The third kappa shape index (κ3) is 4.95. The number of piperazine rings is 1. The molecule has 1 saturated carbocycles. The Kier molecular flexibility index (Phi) is 6.45. The number of hydrogen-bond acceptors (Lipinski definition) is 6. The lowest BCUT2D eigenvalue weighted by Crippen LogP contribution is -2.62. The van der Waals surface area contributed by atoms with E-state index in [9.17, 15) is 22.8 Å². The molecule has 2 amide bonds. The minimum absolute atomic E-state index is 0.0228. The van der Waals surface area contributed by atoms with Crippen LogP contribution in [0.25, 0.3) is 22.4 Å². The number of hydrogen-bond donors (Lipinski definition) is 2. The average Bonchev–Trinajstić information content (AvgIpc) is 3.23. The molecule has 1 aliphatic heterocycles. The van der Waals surface area contributed by atoms with Crippen LogP contribution in [0.1, 0.15) is 19.3 Å². The molecule has 3 aromatic heterocycles. The second-order valence-electron chi connectivity index (χ2n) is 8.94. The van der Waals surface area contributed by atoms with Crippen LogP contribution in [-0.2, 0) is 9.59 Å². The Labute approximate surface area is 209 Å². The molecule has 0 spiro atoms. The number of pyridine rings is 1. The zero-order valence-electron chi connectivity index (χ0n) is 19.1. The number of carbonyl (C=O) groups is 2. The van der Waals surface area contributed by atoms with E-state index in [0.717, 1.165) is 19.3 Å². The Hall–Kier alpha value is -3.41. The van der Waals surface area contributed by atoms with Crippen LogP contribution >= 0.6 is 11.6 Å². The monoisotopic (exact) mass is 521 g/mol. The van der Waals surface area contributed by atoms with Gasteiger partial charge in [0.1, 0.15) is 24.1 Å². The molecule has 3 aromatic rings. The second kappa shape index (κ2) is 9.57. The van der Waals surface area contributed by atoms with Crippen molar-refractivity contribution < 1.29 is 22.8 Å². The normalized spacial score (nSPS) is 18.8. The van der Waals surface area contributed by atoms with Gasteiger partial charge in [-0.1, -0.05) is 18.0 Å². The highest BCUT2D eigenvalue weighted by Gasteiger charge is 2.39. The Morgan fingerprint density at radius 2 is 2.03 bits per heavy atom. The quantitative estimate of drug-likeness (QED) is 0.534. The van der Waals surface area contributed by atoms with E-state index in [4.69, 9.17) is 11.6 Å². The molecule has 0 bridgehead atoms. The van der Waals surface area contributed by atoms with Gasteiger partial charge in [-0.05, 0) is 25.0 Å². The van der Waals surface area contributed by atoms with Crippen molar-refractivity contribution in [3.05, 3.63) is 35.7 Å². The lowest BCUT2D eigenvalue weighted by molar-refractivity contribution is -0.143. The first-order valence-corrected chi connectivity index (χ1v) is 11.9. The first-order valence-electron chi connectivity index (χ1n) is 11.6. The van der Waals surface area contributed by atoms with Gasteiger partial charge in [-0.3, -0.25) is 9.59 Å². The van der Waals surface area contributed by atoms with E-state index in [0.29, 0.717) is 39.8 Å². The van der Waals surface area contributed by atoms with Crippen LogP contribution in [0.4, 0.5) is 19.0 Å². The van der Waals surface area contributed by atoms with E-state index < -0.39 is 24.7 Å². The van der Waals surface area contributed by atoms with Crippen LogP contribution in [0.2, 0.25) is 5.02 Å². The number of rotatable bonds is 5. The maximum absolute atomic E-state index is 12.9. The number of nitrogens with zero attached hydrogens (tertiary/aromatic N) is 5. The Morgan fingerprint density at radius 3 is 2.75 bits per heavy atom. The molecule has 0 radical (unpaired) electrons. The first kappa shape index (κ1) is 24.3. The van der Waals surface area contributed by atoms with E-state index in [2.05, 4.69) is 19.9 Å². The Morgan fingerprint density at radius 1 is 1.22 bits per heavy atom. The van der Waals surface area contributed by atoms with E-state index in [1.807, 2.05) is 5.32 Å². The number of carbonyl (C=O) groups excluding carboxylic acids is 2. The molecule has 1 aliphatic carbocycles. The highest BCUT2D eigenvalue weighted by molar-refractivity contribution is 6.31. The minimum Gasteiger partial charge on any atom is -0.345 e. The van der Waals surface area contributed by atoms with Crippen molar-refractivity contribution >= 4 is 40.3 Å². The number of nitrogens with one attached hydrogen (secondary N) is 2. The average molecular weight is 522 g/mol. The molecular formula is C23H23ClF3N7O2. The summed E-state index contributed by atoms with van der Waals surface area (Å²) in [5, 5.41) is 3.11. The lowest BCUT2D eigenvalue weighted by atomic mass is 9.84. The van der Waals surface area contributed by atoms with Crippen molar-refractivity contribution in [2.24, 2.45) is 5.92 Å². The number of alkyl halides is 3. The van der Waals surface area contributed by atoms with Gasteiger partial charge < -0.3 is 20.1 Å². The van der Waals surface area contributed by atoms with Crippen LogP contribution in [0.5, 0.6) is 0 Å². The molecule has 4 heterocycles. The van der Waals surface area contributed by atoms with Gasteiger partial charge in [0.05, 0.1) is 11.6 Å². The van der Waals surface area contributed by atoms with Crippen LogP contribution in [0.15, 0.2) is 30.7 Å². The molecule has 9 nitrogen and oxygen atoms in total. The summed E-state index contributed by atoms with van der Waals surface area (Å²) >= 11 is 6.10. The molecule has 1 atom stereocenters. The highest BCUT2D eigenvalue weighted by atomic mass is 35.5. The fraction of sp³-hybridized carbons (Fsp3) is 0.435. The molecule has 190 valence electrons. The third-order valence-corrected chi connectivity index (χ3v) is 6.79. The summed E-state index contributed by atoms with van der Waals surface area (Å²) in [6, 6.07) is 2.29. The van der Waals surface area contributed by atoms with E-state index in [1.165, 1.54) is 12.4 Å². The Bertz CT molecular complexity index is 1290. The van der Waals surface area contributed by atoms with Crippen molar-refractivity contribution in [1.82, 2.24) is 30.2 Å². The lowest BCUT2D eigenvalue weighted by Gasteiger charge is -2.43. The fourth-order valence-electron chi connectivity index (χ4n) is 4.50. The molecule has 0 aromatic carbocycles. The van der Waals surface area contributed by atoms with Crippen LogP contribution in [0.3, 0.4) is 0 Å². The van der Waals surface area contributed by atoms with Crippen molar-refractivity contribution in [3.8, 4) is 11.4 Å². The van der Waals surface area contributed by atoms with Gasteiger partial charge in [-0.2, -0.15) is 13.2 Å². The van der Waals surface area contributed by atoms with Crippen LogP contribution in [-0.4, -0.2) is 75.0 Å². The summed E-state index contributed by atoms with van der Waals surface area (Å²) in [4.78, 5) is 45.1. The molecule has 2 N–H and O–H groups in total. The molecule has 13 heteroatoms. The molecule has 1 saturated heterocycles. The summed E-state index contributed by atoms with van der Waals surface area (Å²) in [5.41, 5.74) is 1.23. The van der Waals surface area contributed by atoms with Crippen molar-refractivity contribution in [1.29, 1.82) is 0 Å². The predicted molar refractivity (Wildman–Crippen MR) is 126 cm³/mol. The largest absolute Gasteiger partial charge is 0.405 e. The summed E-state index contributed by atoms with van der Waals surface area (Å²) < 4.78 is 38.4. The SMILES string of the molecule is O=C(NCC(F)(F)F)[C@@H]1CN(C(=O)C2CCC2)CCN1c1ccnc(-c2c[nH]c3ncc(Cl)cc23)n1. The number of aromatic amines is 1. The van der Waals surface area contributed by atoms with Crippen molar-refractivity contribution in [2.75, 3.05) is 31.1 Å². The van der Waals surface area contributed by atoms with E-state index in [-0.39, 0.29) is 24.9 Å². The number of aromatic nitrogens is 4. The van der Waals surface area contributed by atoms with Crippen molar-refractivity contribution in [2.45, 2.75) is 31.5 Å². The van der Waals surface area contributed by atoms with Gasteiger partial charge in [-0.25, -0.2) is 15.0 Å². The number of anilines is 1. The minimum atomic E-state index is -4.55. The predicted octanol–water partition coefficient (Wildman–Crippen LogP) is 3.17. The van der Waals surface area contributed by atoms with Gasteiger partial charge in [0.2, 0.25) is 11.8 Å². The van der Waals surface area contributed by atoms with Crippen LogP contribution < -0.4 is 10.2 Å². The number of halogens is 4. The van der Waals surface area contributed by atoms with E-state index >= 15 is 0 Å². The number of amides is 2. The fourth-order valence-corrected chi connectivity index (χ4v) is 4.66. The Balaban J connectivity index is 1.44. The molecule has 36 heavy (non-hydrogen) atoms. The maximum atomic E-state index is 12.9. The molecule has 0 unspecified atom stereocenters. The summed E-state index contributed by atoms with van der Waals surface area (Å²) in [7, 11) is 0. The van der Waals surface area contributed by atoms with Crippen LogP contribution in [0, 0.1) is 5.92 Å². The summed E-state index contributed by atoms with van der Waals surface area (Å²) in [6.45, 7) is -0.902. The van der Waals surface area contributed by atoms with Gasteiger partial charge in [0.25, 0.3) is 0 Å². The third-order valence-electron chi connectivity index (χ3n) is 6.59. The van der Waals surface area contributed by atoms with Gasteiger partial charge in [0.15, 0.2) is 5.82 Å². The molecule has 2 fully saturated rings. The zero-order valence-corrected chi connectivity index (χ0v) is 19.8. The standard InChI is InChI=1S/C23H23ClF3N7O2/c24-14-8-15-16(10-30-19(15)29-9-14)20-28-5-4-18(32-20)34-7-6-33(22(36)13-2-1-3-13)11-17(34)21(35)31-12-23(25,26)27/h4-5,8-10,13,17H,1-3,6-7,11-12H2,(H,29,30)(H,31,35)/t17-/m0/s1. The van der Waals surface area contributed by atoms with E-state index in [1.54, 1.807) is 28.1 Å². The topological polar surface area (TPSA) is 107 Å². The zero-order chi connectivity index (χ0) is 25.4. The second-order valence-corrected chi connectivity index (χ2v) is 9.38. The van der Waals surface area contributed by atoms with Gasteiger partial charge >= 0.3 is 6.18 Å². The first-order chi connectivity index (χ1) is 17.2. The summed E-state index contributed by atoms with van der Waals surface area (Å²) in [6.07, 6.45) is 2.73. The number of H-pyrrole nitrogens is 1. The molecule has 5 rings (SSSR count). The van der Waals surface area contributed by atoms with Crippen molar-refractivity contribution in [3.63, 3.8) is 0 Å². The maximum Gasteiger partial charge on any atom is 0.405 e. The van der Waals surface area contributed by atoms with Gasteiger partial charge in [-0.15, -0.1) is 0 Å². The number of fused-ring (bicyclic) bond motifs is 1. The smallest absolute Gasteiger partial charge is 0.345 e. The van der Waals surface area contributed by atoms with Gasteiger partial charge in [0, 0.05) is 48.5 Å². The molecular weight excluding hydrogens is 499 g/mol.